The highest BCUT2D eigenvalue weighted by Gasteiger charge is 2.23. The molecule has 74 valence electrons. The summed E-state index contributed by atoms with van der Waals surface area (Å²) in [5.41, 5.74) is 7.46. The van der Waals surface area contributed by atoms with Gasteiger partial charge in [-0.05, 0) is 6.07 Å². The van der Waals surface area contributed by atoms with Gasteiger partial charge in [0.25, 0.3) is 0 Å². The second-order valence-electron chi connectivity index (χ2n) is 3.32. The van der Waals surface area contributed by atoms with E-state index in [1.807, 2.05) is 12.1 Å². The number of benzene rings is 1. The molecule has 1 aliphatic rings. The molecule has 1 heterocycles. The number of nitrogens with two attached hydrogens (primary N) is 1. The van der Waals surface area contributed by atoms with Crippen LogP contribution in [0.3, 0.4) is 0 Å². The third kappa shape index (κ3) is 1.44. The molecule has 4 heteroatoms. The molecule has 0 saturated heterocycles. The van der Waals surface area contributed by atoms with Crippen LogP contribution in [0.1, 0.15) is 18.5 Å². The van der Waals surface area contributed by atoms with E-state index in [0.717, 1.165) is 5.56 Å². The van der Waals surface area contributed by atoms with Crippen LogP contribution in [0, 0.1) is 0 Å². The van der Waals surface area contributed by atoms with E-state index in [9.17, 15) is 4.79 Å². The minimum atomic E-state index is -0.109. The van der Waals surface area contributed by atoms with Gasteiger partial charge in [-0.1, -0.05) is 12.1 Å². The summed E-state index contributed by atoms with van der Waals surface area (Å²) in [6.07, 6.45) is 0. The van der Waals surface area contributed by atoms with Gasteiger partial charge >= 0.3 is 0 Å². The Morgan fingerprint density at radius 2 is 2.43 bits per heavy atom. The summed E-state index contributed by atoms with van der Waals surface area (Å²) >= 11 is 0. The van der Waals surface area contributed by atoms with Crippen LogP contribution in [0.4, 0.5) is 5.69 Å². The number of rotatable bonds is 1. The molecule has 0 aliphatic carbocycles. The molecule has 0 spiro atoms. The van der Waals surface area contributed by atoms with Crippen LogP contribution in [-0.2, 0) is 4.79 Å². The Bertz CT molecular complexity index is 376. The van der Waals surface area contributed by atoms with Crippen LogP contribution in [0.5, 0.6) is 5.75 Å². The topological polar surface area (TPSA) is 64.3 Å². The molecule has 0 fully saturated rings. The van der Waals surface area contributed by atoms with Crippen molar-refractivity contribution < 1.29 is 9.53 Å². The molecule has 0 aromatic heterocycles. The minimum absolute atomic E-state index is 0.0845. The summed E-state index contributed by atoms with van der Waals surface area (Å²) in [4.78, 5) is 10.9. The van der Waals surface area contributed by atoms with Crippen LogP contribution < -0.4 is 15.8 Å². The molecule has 4 nitrogen and oxygen atoms in total. The van der Waals surface area contributed by atoms with Crippen LogP contribution in [0.15, 0.2) is 18.2 Å². The van der Waals surface area contributed by atoms with Crippen molar-refractivity contribution in [1.29, 1.82) is 0 Å². The number of ether oxygens (including phenoxy) is 1. The Kier molecular flexibility index (Phi) is 2.13. The van der Waals surface area contributed by atoms with Crippen molar-refractivity contribution in [3.05, 3.63) is 23.8 Å². The van der Waals surface area contributed by atoms with Crippen molar-refractivity contribution in [1.82, 2.24) is 0 Å². The number of fused-ring (bicyclic) bond motifs is 1. The Balaban J connectivity index is 2.39. The molecule has 0 unspecified atom stereocenters. The molecule has 0 radical (unpaired) electrons. The number of nitrogens with one attached hydrogen (secondary N) is 1. The molecular weight excluding hydrogens is 180 g/mol. The Labute approximate surface area is 82.1 Å². The van der Waals surface area contributed by atoms with Crippen LogP contribution >= 0.6 is 0 Å². The second-order valence-corrected chi connectivity index (χ2v) is 3.32. The van der Waals surface area contributed by atoms with E-state index in [1.54, 1.807) is 6.07 Å². The molecule has 1 aliphatic heterocycles. The summed E-state index contributed by atoms with van der Waals surface area (Å²) in [5.74, 6) is 0.595. The van der Waals surface area contributed by atoms with Crippen LogP contribution in [0.2, 0.25) is 0 Å². The standard InChI is InChI=1S/C10H12N2O2/c1-6(13)12-9-4-2-3-7-8(11)5-14-10(7)9/h2-4,8H,5,11H2,1H3,(H,12,13)/t8-/m1/s1. The second kappa shape index (κ2) is 3.31. The van der Waals surface area contributed by atoms with Gasteiger partial charge in [-0.25, -0.2) is 0 Å². The number of hydrogen-bond donors (Lipinski definition) is 2. The fourth-order valence-electron chi connectivity index (χ4n) is 1.56. The highest BCUT2D eigenvalue weighted by atomic mass is 16.5. The number of anilines is 1. The van der Waals surface area contributed by atoms with Gasteiger partial charge in [-0.15, -0.1) is 0 Å². The first kappa shape index (κ1) is 9.02. The number of carbonyl (C=O) groups is 1. The zero-order valence-electron chi connectivity index (χ0n) is 7.91. The van der Waals surface area contributed by atoms with Crippen LogP contribution in [0.25, 0.3) is 0 Å². The summed E-state index contributed by atoms with van der Waals surface area (Å²) < 4.78 is 5.40. The summed E-state index contributed by atoms with van der Waals surface area (Å²) in [5, 5.41) is 2.71. The lowest BCUT2D eigenvalue weighted by molar-refractivity contribution is -0.114. The van der Waals surface area contributed by atoms with E-state index >= 15 is 0 Å². The predicted molar refractivity (Wildman–Crippen MR) is 53.2 cm³/mol. The van der Waals surface area contributed by atoms with E-state index in [2.05, 4.69) is 5.32 Å². The minimum Gasteiger partial charge on any atom is -0.489 e. The SMILES string of the molecule is CC(=O)Nc1cccc2c1OC[C@H]2N. The van der Waals surface area contributed by atoms with Gasteiger partial charge in [0.15, 0.2) is 0 Å². The number of hydrogen-bond acceptors (Lipinski definition) is 3. The van der Waals surface area contributed by atoms with Gasteiger partial charge < -0.3 is 15.8 Å². The van der Waals surface area contributed by atoms with Gasteiger partial charge in [0, 0.05) is 12.5 Å². The molecule has 2 rings (SSSR count). The molecule has 1 aromatic carbocycles. The molecule has 1 aromatic rings. The van der Waals surface area contributed by atoms with Gasteiger partial charge in [-0.3, -0.25) is 4.79 Å². The fourth-order valence-corrected chi connectivity index (χ4v) is 1.56. The third-order valence-corrected chi connectivity index (χ3v) is 2.16. The molecule has 0 saturated carbocycles. The third-order valence-electron chi connectivity index (χ3n) is 2.16. The van der Waals surface area contributed by atoms with E-state index in [0.29, 0.717) is 18.0 Å². The van der Waals surface area contributed by atoms with Gasteiger partial charge in [0.1, 0.15) is 12.4 Å². The number of carbonyl (C=O) groups excluding carboxylic acids is 1. The zero-order chi connectivity index (χ0) is 10.1. The number of para-hydroxylation sites is 1. The van der Waals surface area contributed by atoms with Crippen molar-refractivity contribution >= 4 is 11.6 Å². The van der Waals surface area contributed by atoms with Gasteiger partial charge in [0.2, 0.25) is 5.91 Å². The monoisotopic (exact) mass is 192 g/mol. The average Bonchev–Trinajstić information content (AvgIpc) is 2.49. The van der Waals surface area contributed by atoms with Crippen molar-refractivity contribution in [3.8, 4) is 5.75 Å². The molecule has 1 atom stereocenters. The molecule has 14 heavy (non-hydrogen) atoms. The summed E-state index contributed by atoms with van der Waals surface area (Å²) in [6, 6.07) is 5.49. The predicted octanol–water partition coefficient (Wildman–Crippen LogP) is 1.04. The lowest BCUT2D eigenvalue weighted by Crippen LogP contribution is -2.10. The van der Waals surface area contributed by atoms with E-state index < -0.39 is 0 Å². The molecule has 1 amide bonds. The maximum atomic E-state index is 10.9. The fraction of sp³-hybridized carbons (Fsp3) is 0.300. The zero-order valence-corrected chi connectivity index (χ0v) is 7.91. The highest BCUT2D eigenvalue weighted by molar-refractivity contribution is 5.90. The summed E-state index contributed by atoms with van der Waals surface area (Å²) in [7, 11) is 0. The van der Waals surface area contributed by atoms with E-state index in [-0.39, 0.29) is 11.9 Å². The molecule has 0 bridgehead atoms. The summed E-state index contributed by atoms with van der Waals surface area (Å²) in [6.45, 7) is 1.94. The van der Waals surface area contributed by atoms with Crippen molar-refractivity contribution in [3.63, 3.8) is 0 Å². The average molecular weight is 192 g/mol. The molecular formula is C10H12N2O2. The van der Waals surface area contributed by atoms with E-state index in [1.165, 1.54) is 6.92 Å². The Morgan fingerprint density at radius 1 is 1.64 bits per heavy atom. The Hall–Kier alpha value is -1.55. The first-order chi connectivity index (χ1) is 6.68. The van der Waals surface area contributed by atoms with E-state index in [4.69, 9.17) is 10.5 Å². The largest absolute Gasteiger partial charge is 0.489 e. The lowest BCUT2D eigenvalue weighted by Gasteiger charge is -2.07. The van der Waals surface area contributed by atoms with Crippen molar-refractivity contribution in [2.24, 2.45) is 5.73 Å². The first-order valence-electron chi connectivity index (χ1n) is 4.47. The quantitative estimate of drug-likeness (QED) is 0.698. The highest BCUT2D eigenvalue weighted by Crippen LogP contribution is 2.37. The smallest absolute Gasteiger partial charge is 0.221 e. The van der Waals surface area contributed by atoms with Gasteiger partial charge in [0.05, 0.1) is 11.7 Å². The van der Waals surface area contributed by atoms with Crippen molar-refractivity contribution in [2.75, 3.05) is 11.9 Å². The lowest BCUT2D eigenvalue weighted by atomic mass is 10.1. The normalized spacial score (nSPS) is 18.6. The Morgan fingerprint density at radius 3 is 3.14 bits per heavy atom. The van der Waals surface area contributed by atoms with Crippen molar-refractivity contribution in [2.45, 2.75) is 13.0 Å². The number of amides is 1. The maximum Gasteiger partial charge on any atom is 0.221 e. The van der Waals surface area contributed by atoms with Gasteiger partial charge in [-0.2, -0.15) is 0 Å². The first-order valence-corrected chi connectivity index (χ1v) is 4.47. The molecule has 3 N–H and O–H groups in total. The van der Waals surface area contributed by atoms with Crippen LogP contribution in [-0.4, -0.2) is 12.5 Å². The maximum absolute atomic E-state index is 10.9.